The summed E-state index contributed by atoms with van der Waals surface area (Å²) in [6, 6.07) is 0. The molecule has 0 aromatic rings. The van der Waals surface area contributed by atoms with Gasteiger partial charge in [0, 0.05) is 0 Å². The summed E-state index contributed by atoms with van der Waals surface area (Å²) in [5, 5.41) is 0. The molecule has 0 aromatic carbocycles. The van der Waals surface area contributed by atoms with Gasteiger partial charge in [0.15, 0.2) is 0 Å². The van der Waals surface area contributed by atoms with Crippen LogP contribution in [0.15, 0.2) is 0 Å². The molecule has 0 saturated heterocycles. The first-order valence-corrected chi connectivity index (χ1v) is 1.57. The zero-order chi connectivity index (χ0) is 3.58. The van der Waals surface area contributed by atoms with Crippen molar-refractivity contribution >= 4 is 29.2 Å². The topological polar surface area (TPSA) is 26.0 Å². The number of halogens is 2. The molecule has 0 aromatic heterocycles. The van der Waals surface area contributed by atoms with E-state index in [1.54, 1.807) is 0 Å². The number of nitrogens with two attached hydrogens (primary N) is 1. The largest absolute Gasteiger partial charge is 2.00 e. The molecule has 0 aliphatic carbocycles. The quantitative estimate of drug-likeness (QED) is 0.245. The van der Waals surface area contributed by atoms with Crippen LogP contribution in [-0.4, -0.2) is 4.32 Å². The zero-order valence-corrected chi connectivity index (χ0v) is 7.15. The Kier molecular flexibility index (Phi) is 53.4. The van der Waals surface area contributed by atoms with Gasteiger partial charge in [-0.25, -0.2) is 0 Å². The molecule has 7 heavy (non-hydrogen) atoms. The van der Waals surface area contributed by atoms with Gasteiger partial charge in [-0.1, -0.05) is 12.2 Å². The van der Waals surface area contributed by atoms with Crippen LogP contribution in [-0.2, 0) is 17.1 Å². The average Bonchev–Trinajstić information content (AvgIpc) is 0.811. The SMILES string of the molecule is NC(=S)S.[Cl-].[Cl-].[Cu+2]. The van der Waals surface area contributed by atoms with Gasteiger partial charge in [-0.15, -0.1) is 12.6 Å². The van der Waals surface area contributed by atoms with Crippen LogP contribution in [0.1, 0.15) is 0 Å². The van der Waals surface area contributed by atoms with Gasteiger partial charge < -0.3 is 30.5 Å². The van der Waals surface area contributed by atoms with Crippen LogP contribution >= 0.6 is 24.8 Å². The number of hydrogen-bond acceptors (Lipinski definition) is 1. The maximum absolute atomic E-state index is 4.71. The van der Waals surface area contributed by atoms with Gasteiger partial charge in [-0.2, -0.15) is 0 Å². The minimum absolute atomic E-state index is 0. The summed E-state index contributed by atoms with van der Waals surface area (Å²) in [7, 11) is 0. The van der Waals surface area contributed by atoms with Gasteiger partial charge in [0.25, 0.3) is 0 Å². The molecule has 0 amide bonds. The van der Waals surface area contributed by atoms with Crippen molar-refractivity contribution in [2.45, 2.75) is 0 Å². The molecule has 1 nitrogen and oxygen atoms in total. The maximum atomic E-state index is 4.71. The summed E-state index contributed by atoms with van der Waals surface area (Å²) in [5.41, 5.74) is 4.71. The molecule has 0 aliphatic rings. The molecule has 0 saturated carbocycles. The molecule has 0 fully saturated rings. The van der Waals surface area contributed by atoms with E-state index in [0.717, 1.165) is 0 Å². The molecule has 0 atom stereocenters. The average molecular weight is 228 g/mol. The van der Waals surface area contributed by atoms with E-state index in [2.05, 4.69) is 24.8 Å². The summed E-state index contributed by atoms with van der Waals surface area (Å²) in [6.07, 6.45) is 0. The standard InChI is InChI=1S/CH3NS2.2ClH.Cu/c2-1(3)4;;;/h(H3,2,3,4);2*1H;/q;;;+2/p-2. The number of thiocarbonyl (C=S) groups is 1. The number of hydrogen-bond donors (Lipinski definition) is 2. The van der Waals surface area contributed by atoms with E-state index in [1.165, 1.54) is 0 Å². The summed E-state index contributed by atoms with van der Waals surface area (Å²) in [4.78, 5) is 0. The molecule has 0 rings (SSSR count). The van der Waals surface area contributed by atoms with Crippen molar-refractivity contribution in [3.8, 4) is 0 Å². The van der Waals surface area contributed by atoms with Crippen LogP contribution < -0.4 is 30.5 Å². The molecule has 2 N–H and O–H groups in total. The Balaban J connectivity index is -0.0000000150. The molecule has 0 spiro atoms. The number of thiol groups is 1. The molecular weight excluding hydrogens is 225 g/mol. The minimum Gasteiger partial charge on any atom is -1.00 e. The van der Waals surface area contributed by atoms with Crippen molar-refractivity contribution in [1.82, 2.24) is 0 Å². The Morgan fingerprint density at radius 1 is 1.43 bits per heavy atom. The van der Waals surface area contributed by atoms with E-state index in [1.807, 2.05) is 0 Å². The number of rotatable bonds is 0. The fourth-order valence-corrected chi connectivity index (χ4v) is 0. The molecule has 0 bridgehead atoms. The Hall–Kier alpha value is 1.34. The third-order valence-electron chi connectivity index (χ3n) is 0. The summed E-state index contributed by atoms with van der Waals surface area (Å²) >= 11 is 7.65. The van der Waals surface area contributed by atoms with E-state index >= 15 is 0 Å². The predicted octanol–water partition coefficient (Wildman–Crippen LogP) is -5.83. The Bertz CT molecular complexity index is 38.7. The van der Waals surface area contributed by atoms with Gasteiger partial charge >= 0.3 is 17.1 Å². The molecule has 6 heteroatoms. The Labute approximate surface area is 76.5 Å². The van der Waals surface area contributed by atoms with Crippen LogP contribution in [0.5, 0.6) is 0 Å². The van der Waals surface area contributed by atoms with E-state index in [0.29, 0.717) is 0 Å². The first kappa shape index (κ1) is 23.9. The van der Waals surface area contributed by atoms with Gasteiger partial charge in [0.1, 0.15) is 4.32 Å². The molecular formula is CH3Cl2CuNS2. The smallest absolute Gasteiger partial charge is 1.00 e. The van der Waals surface area contributed by atoms with Crippen LogP contribution in [0.2, 0.25) is 0 Å². The Morgan fingerprint density at radius 3 is 1.43 bits per heavy atom. The van der Waals surface area contributed by atoms with Crippen molar-refractivity contribution in [3.63, 3.8) is 0 Å². The molecule has 49 valence electrons. The normalized spacial score (nSPS) is 3.57. The van der Waals surface area contributed by atoms with Crippen LogP contribution in [0, 0.1) is 0 Å². The van der Waals surface area contributed by atoms with Crippen LogP contribution in [0.25, 0.3) is 0 Å². The molecule has 0 unspecified atom stereocenters. The second kappa shape index (κ2) is 15.7. The first-order valence-electron chi connectivity index (χ1n) is 0.716. The second-order valence-corrected chi connectivity index (χ2v) is 1.56. The predicted molar refractivity (Wildman–Crippen MR) is 25.8 cm³/mol. The van der Waals surface area contributed by atoms with Gasteiger partial charge in [0.05, 0.1) is 0 Å². The van der Waals surface area contributed by atoms with Gasteiger partial charge in [-0.05, 0) is 0 Å². The van der Waals surface area contributed by atoms with Crippen molar-refractivity contribution in [2.75, 3.05) is 0 Å². The monoisotopic (exact) mass is 226 g/mol. The van der Waals surface area contributed by atoms with Crippen molar-refractivity contribution < 1.29 is 41.9 Å². The van der Waals surface area contributed by atoms with E-state index in [-0.39, 0.29) is 46.2 Å². The molecule has 0 heterocycles. The second-order valence-electron chi connectivity index (χ2n) is 0.338. The zero-order valence-electron chi connectivity index (χ0n) is 2.99. The van der Waals surface area contributed by atoms with E-state index < -0.39 is 0 Å². The van der Waals surface area contributed by atoms with Crippen molar-refractivity contribution in [3.05, 3.63) is 0 Å². The fraction of sp³-hybridized carbons (Fsp3) is 0. The third kappa shape index (κ3) is 117. The Morgan fingerprint density at radius 2 is 1.43 bits per heavy atom. The van der Waals surface area contributed by atoms with Crippen LogP contribution in [0.4, 0.5) is 0 Å². The summed E-state index contributed by atoms with van der Waals surface area (Å²) in [6.45, 7) is 0. The fourth-order valence-electron chi connectivity index (χ4n) is 0. The van der Waals surface area contributed by atoms with Gasteiger partial charge in [0.2, 0.25) is 0 Å². The third-order valence-corrected chi connectivity index (χ3v) is 0. The van der Waals surface area contributed by atoms with Crippen LogP contribution in [0.3, 0.4) is 0 Å². The minimum atomic E-state index is 0. The summed E-state index contributed by atoms with van der Waals surface area (Å²) in [5.74, 6) is 0. The van der Waals surface area contributed by atoms with Gasteiger partial charge in [-0.3, -0.25) is 0 Å². The van der Waals surface area contributed by atoms with E-state index in [9.17, 15) is 0 Å². The maximum Gasteiger partial charge on any atom is 2.00 e. The first-order chi connectivity index (χ1) is 1.73. The molecule has 0 aliphatic heterocycles. The summed E-state index contributed by atoms with van der Waals surface area (Å²) < 4.78 is 0.194. The van der Waals surface area contributed by atoms with Crippen molar-refractivity contribution in [2.24, 2.45) is 5.73 Å². The molecule has 1 radical (unpaired) electrons. The van der Waals surface area contributed by atoms with Crippen molar-refractivity contribution in [1.29, 1.82) is 0 Å². The van der Waals surface area contributed by atoms with E-state index in [4.69, 9.17) is 5.73 Å².